The van der Waals surface area contributed by atoms with Gasteiger partial charge < -0.3 is 4.74 Å². The molecule has 2 aromatic carbocycles. The van der Waals surface area contributed by atoms with Crippen LogP contribution in [0.25, 0.3) is 10.8 Å². The van der Waals surface area contributed by atoms with Gasteiger partial charge in [0.25, 0.3) is 10.0 Å². The Bertz CT molecular complexity index is 1090. The van der Waals surface area contributed by atoms with E-state index in [9.17, 15) is 8.42 Å². The first-order valence-corrected chi connectivity index (χ1v) is 15.2. The predicted octanol–water partition coefficient (Wildman–Crippen LogP) is 4.90. The molecule has 1 heterocycles. The fraction of sp³-hybridized carbons (Fsp3) is 0.300. The molecule has 1 aromatic heterocycles. The van der Waals surface area contributed by atoms with Crippen LogP contribution >= 0.6 is 15.9 Å². The summed E-state index contributed by atoms with van der Waals surface area (Å²) < 4.78 is 34.7. The summed E-state index contributed by atoms with van der Waals surface area (Å²) >= 11 is 3.50. The zero-order valence-electron chi connectivity index (χ0n) is 16.7. The molecule has 0 saturated heterocycles. The van der Waals surface area contributed by atoms with Crippen LogP contribution in [0.15, 0.2) is 64.4 Å². The zero-order valence-corrected chi connectivity index (χ0v) is 20.1. The standard InChI is InChI=1S/C20H24BrN3O3SSi/c1-29(2,3)12-11-27-15-24(20-9-10-22-14-23-20)28(25,26)17-7-8-18-16(13-17)5-4-6-19(18)21/h4-10,13-14H,11-12,15H2,1-3H3. The summed E-state index contributed by atoms with van der Waals surface area (Å²) in [6.07, 6.45) is 2.85. The molecule has 0 fully saturated rings. The van der Waals surface area contributed by atoms with E-state index in [2.05, 4.69) is 45.5 Å². The van der Waals surface area contributed by atoms with Gasteiger partial charge in [-0.2, -0.15) is 0 Å². The van der Waals surface area contributed by atoms with E-state index < -0.39 is 18.1 Å². The van der Waals surface area contributed by atoms with E-state index in [4.69, 9.17) is 4.74 Å². The molecule has 0 amide bonds. The molecule has 9 heteroatoms. The van der Waals surface area contributed by atoms with Gasteiger partial charge in [0.05, 0.1) is 4.90 Å². The number of hydrogen-bond acceptors (Lipinski definition) is 5. The highest BCUT2D eigenvalue weighted by Crippen LogP contribution is 2.28. The summed E-state index contributed by atoms with van der Waals surface area (Å²) in [5.74, 6) is 0.280. The molecular weight excluding hydrogens is 470 g/mol. The van der Waals surface area contributed by atoms with Gasteiger partial charge in [0.1, 0.15) is 18.9 Å². The summed E-state index contributed by atoms with van der Waals surface area (Å²) in [5, 5.41) is 1.79. The molecule has 6 nitrogen and oxygen atoms in total. The van der Waals surface area contributed by atoms with E-state index in [1.165, 1.54) is 16.8 Å². The number of sulfonamides is 1. The summed E-state index contributed by atoms with van der Waals surface area (Å²) in [6.45, 7) is 7.17. The smallest absolute Gasteiger partial charge is 0.267 e. The number of anilines is 1. The van der Waals surface area contributed by atoms with Crippen LogP contribution in [0, 0.1) is 0 Å². The van der Waals surface area contributed by atoms with Gasteiger partial charge in [0.2, 0.25) is 0 Å². The van der Waals surface area contributed by atoms with Crippen molar-refractivity contribution in [2.24, 2.45) is 0 Å². The van der Waals surface area contributed by atoms with Crippen LogP contribution in [0.2, 0.25) is 25.7 Å². The molecule has 0 saturated carbocycles. The van der Waals surface area contributed by atoms with Crippen LogP contribution in [-0.2, 0) is 14.8 Å². The van der Waals surface area contributed by atoms with Crippen molar-refractivity contribution in [1.29, 1.82) is 0 Å². The first-order valence-electron chi connectivity index (χ1n) is 9.23. The molecule has 0 aliphatic heterocycles. The lowest BCUT2D eigenvalue weighted by molar-refractivity contribution is 0.156. The quantitative estimate of drug-likeness (QED) is 0.253. The van der Waals surface area contributed by atoms with Crippen molar-refractivity contribution in [1.82, 2.24) is 9.97 Å². The van der Waals surface area contributed by atoms with E-state index in [-0.39, 0.29) is 17.4 Å². The molecule has 3 aromatic rings. The highest BCUT2D eigenvalue weighted by atomic mass is 79.9. The van der Waals surface area contributed by atoms with Crippen LogP contribution in [0.5, 0.6) is 0 Å². The maximum atomic E-state index is 13.4. The lowest BCUT2D eigenvalue weighted by atomic mass is 10.1. The number of benzene rings is 2. The largest absolute Gasteiger partial charge is 0.360 e. The Morgan fingerprint density at radius 1 is 1.14 bits per heavy atom. The number of hydrogen-bond donors (Lipinski definition) is 0. The van der Waals surface area contributed by atoms with Crippen LogP contribution in [-0.4, -0.2) is 39.8 Å². The van der Waals surface area contributed by atoms with Crippen molar-refractivity contribution in [2.75, 3.05) is 17.6 Å². The van der Waals surface area contributed by atoms with Gasteiger partial charge in [-0.1, -0.05) is 53.8 Å². The van der Waals surface area contributed by atoms with E-state index in [0.29, 0.717) is 6.61 Å². The Labute approximate surface area is 181 Å². The normalized spacial score (nSPS) is 12.3. The lowest BCUT2D eigenvalue weighted by Crippen LogP contribution is -2.34. The third kappa shape index (κ3) is 5.42. The number of nitrogens with zero attached hydrogens (tertiary/aromatic N) is 3. The van der Waals surface area contributed by atoms with Crippen molar-refractivity contribution >= 4 is 50.6 Å². The molecule has 0 aliphatic carbocycles. The minimum atomic E-state index is -3.86. The van der Waals surface area contributed by atoms with Crippen molar-refractivity contribution in [3.8, 4) is 0 Å². The van der Waals surface area contributed by atoms with Gasteiger partial charge in [-0.05, 0) is 35.0 Å². The van der Waals surface area contributed by atoms with Crippen molar-refractivity contribution < 1.29 is 13.2 Å². The molecule has 0 unspecified atom stereocenters. The van der Waals surface area contributed by atoms with E-state index >= 15 is 0 Å². The van der Waals surface area contributed by atoms with Crippen LogP contribution in [0.4, 0.5) is 5.82 Å². The average molecular weight is 494 g/mol. The molecule has 0 N–H and O–H groups in total. The molecule has 0 spiro atoms. The SMILES string of the molecule is C[Si](C)(C)CCOCN(c1ccncn1)S(=O)(=O)c1ccc2c(Br)cccc2c1. The Balaban J connectivity index is 1.93. The minimum Gasteiger partial charge on any atom is -0.360 e. The first kappa shape index (κ1) is 21.9. The molecule has 29 heavy (non-hydrogen) atoms. The van der Waals surface area contributed by atoms with Gasteiger partial charge >= 0.3 is 0 Å². The summed E-state index contributed by atoms with van der Waals surface area (Å²) in [6, 6.07) is 13.3. The third-order valence-electron chi connectivity index (χ3n) is 4.41. The molecule has 154 valence electrons. The Hall–Kier alpha value is -1.81. The van der Waals surface area contributed by atoms with Crippen molar-refractivity contribution in [2.45, 2.75) is 30.6 Å². The predicted molar refractivity (Wildman–Crippen MR) is 122 cm³/mol. The van der Waals surface area contributed by atoms with E-state index in [0.717, 1.165) is 21.3 Å². The first-order chi connectivity index (χ1) is 13.7. The lowest BCUT2D eigenvalue weighted by Gasteiger charge is -2.24. The van der Waals surface area contributed by atoms with Crippen molar-refractivity contribution in [3.63, 3.8) is 0 Å². The second-order valence-corrected chi connectivity index (χ2v) is 16.2. The average Bonchev–Trinajstić information content (AvgIpc) is 2.67. The van der Waals surface area contributed by atoms with Crippen LogP contribution in [0.1, 0.15) is 0 Å². The topological polar surface area (TPSA) is 72.4 Å². The fourth-order valence-electron chi connectivity index (χ4n) is 2.73. The Kier molecular flexibility index (Phi) is 6.72. The molecular formula is C20H24BrN3O3SSi. The number of halogens is 1. The van der Waals surface area contributed by atoms with Gasteiger partial charge in [0, 0.05) is 31.4 Å². The van der Waals surface area contributed by atoms with Gasteiger partial charge in [-0.15, -0.1) is 0 Å². The van der Waals surface area contributed by atoms with Crippen molar-refractivity contribution in [3.05, 3.63) is 59.5 Å². The second kappa shape index (κ2) is 8.91. The van der Waals surface area contributed by atoms with Crippen LogP contribution < -0.4 is 4.31 Å². The molecule has 0 atom stereocenters. The van der Waals surface area contributed by atoms with Crippen LogP contribution in [0.3, 0.4) is 0 Å². The molecule has 3 rings (SSSR count). The van der Waals surface area contributed by atoms with E-state index in [1.54, 1.807) is 24.3 Å². The Morgan fingerprint density at radius 3 is 2.62 bits per heavy atom. The zero-order chi connectivity index (χ0) is 21.1. The highest BCUT2D eigenvalue weighted by Gasteiger charge is 2.27. The summed E-state index contributed by atoms with van der Waals surface area (Å²) in [5.41, 5.74) is 0. The Morgan fingerprint density at radius 2 is 1.93 bits per heavy atom. The highest BCUT2D eigenvalue weighted by molar-refractivity contribution is 9.10. The van der Waals surface area contributed by atoms with Gasteiger partial charge in [0.15, 0.2) is 0 Å². The maximum absolute atomic E-state index is 13.4. The molecule has 0 bridgehead atoms. The molecule has 0 radical (unpaired) electrons. The van der Waals surface area contributed by atoms with Gasteiger partial charge in [-0.25, -0.2) is 22.7 Å². The number of aromatic nitrogens is 2. The molecule has 0 aliphatic rings. The van der Waals surface area contributed by atoms with E-state index in [1.807, 2.05) is 18.2 Å². The number of fused-ring (bicyclic) bond motifs is 1. The third-order valence-corrected chi connectivity index (χ3v) is 8.53. The second-order valence-electron chi connectivity index (χ2n) is 7.89. The minimum absolute atomic E-state index is 0.0969. The summed E-state index contributed by atoms with van der Waals surface area (Å²) in [7, 11) is -5.14. The summed E-state index contributed by atoms with van der Waals surface area (Å²) in [4.78, 5) is 8.21. The monoisotopic (exact) mass is 493 g/mol. The number of ether oxygens (including phenoxy) is 1. The maximum Gasteiger partial charge on any atom is 0.267 e. The number of rotatable bonds is 8. The fourth-order valence-corrected chi connectivity index (χ4v) is 5.33. The van der Waals surface area contributed by atoms with Gasteiger partial charge in [-0.3, -0.25) is 0 Å².